The van der Waals surface area contributed by atoms with Gasteiger partial charge in [-0.25, -0.2) is 4.98 Å². The second kappa shape index (κ2) is 3.92. The maximum absolute atomic E-state index is 5.66. The first kappa shape index (κ1) is 10.9. The van der Waals surface area contributed by atoms with Crippen LogP contribution in [-0.2, 0) is 5.41 Å². The first-order valence-corrected chi connectivity index (χ1v) is 4.60. The number of hydrogen-bond acceptors (Lipinski definition) is 4. The average molecular weight is 195 g/mol. The summed E-state index contributed by atoms with van der Waals surface area (Å²) in [4.78, 5) is 8.63. The lowest BCUT2D eigenvalue weighted by molar-refractivity contribution is 0.385. The van der Waals surface area contributed by atoms with Crippen LogP contribution in [0.5, 0.6) is 5.88 Å². The number of aromatic nitrogens is 2. The minimum atomic E-state index is -0.209. The van der Waals surface area contributed by atoms with E-state index in [4.69, 9.17) is 10.5 Å². The molecule has 0 fully saturated rings. The Bertz CT molecular complexity index is 323. The topological polar surface area (TPSA) is 61.0 Å². The molecule has 78 valence electrons. The SMILES string of the molecule is COc1cc(C)nc(C(C)(C)CN)n1. The fraction of sp³-hybridized carbons (Fsp3) is 0.600. The van der Waals surface area contributed by atoms with Crippen LogP contribution in [0.1, 0.15) is 25.4 Å². The Kier molecular flexibility index (Phi) is 3.06. The Hall–Kier alpha value is -1.16. The molecular formula is C10H17N3O. The molecule has 0 spiro atoms. The second-order valence-corrected chi connectivity index (χ2v) is 3.96. The molecule has 0 saturated heterocycles. The van der Waals surface area contributed by atoms with E-state index in [1.54, 1.807) is 13.2 Å². The molecule has 0 bridgehead atoms. The lowest BCUT2D eigenvalue weighted by Gasteiger charge is -2.21. The highest BCUT2D eigenvalue weighted by Gasteiger charge is 2.22. The van der Waals surface area contributed by atoms with E-state index >= 15 is 0 Å². The smallest absolute Gasteiger partial charge is 0.216 e. The van der Waals surface area contributed by atoms with Crippen molar-refractivity contribution in [3.8, 4) is 5.88 Å². The molecule has 0 saturated carbocycles. The molecule has 4 nitrogen and oxygen atoms in total. The maximum atomic E-state index is 5.66. The van der Waals surface area contributed by atoms with Crippen LogP contribution in [0, 0.1) is 6.92 Å². The second-order valence-electron chi connectivity index (χ2n) is 3.96. The van der Waals surface area contributed by atoms with Gasteiger partial charge in [-0.15, -0.1) is 0 Å². The predicted molar refractivity (Wildman–Crippen MR) is 55.4 cm³/mol. The number of aryl methyl sites for hydroxylation is 1. The van der Waals surface area contributed by atoms with Crippen molar-refractivity contribution in [1.29, 1.82) is 0 Å². The molecule has 1 heterocycles. The molecule has 0 aromatic carbocycles. The first-order valence-electron chi connectivity index (χ1n) is 4.60. The summed E-state index contributed by atoms with van der Waals surface area (Å²) >= 11 is 0. The Labute approximate surface area is 84.5 Å². The third-order valence-electron chi connectivity index (χ3n) is 2.16. The average Bonchev–Trinajstić information content (AvgIpc) is 2.16. The van der Waals surface area contributed by atoms with Crippen LogP contribution in [0.15, 0.2) is 6.07 Å². The molecule has 2 N–H and O–H groups in total. The van der Waals surface area contributed by atoms with Gasteiger partial charge in [0.15, 0.2) is 0 Å². The zero-order valence-electron chi connectivity index (χ0n) is 9.16. The largest absolute Gasteiger partial charge is 0.481 e. The summed E-state index contributed by atoms with van der Waals surface area (Å²) < 4.78 is 5.08. The lowest BCUT2D eigenvalue weighted by Crippen LogP contribution is -2.30. The van der Waals surface area contributed by atoms with Crippen molar-refractivity contribution >= 4 is 0 Å². The van der Waals surface area contributed by atoms with Crippen molar-refractivity contribution in [3.05, 3.63) is 17.6 Å². The number of methoxy groups -OCH3 is 1. The molecular weight excluding hydrogens is 178 g/mol. The van der Waals surface area contributed by atoms with Crippen LogP contribution in [-0.4, -0.2) is 23.6 Å². The first-order chi connectivity index (χ1) is 6.49. The van der Waals surface area contributed by atoms with E-state index < -0.39 is 0 Å². The summed E-state index contributed by atoms with van der Waals surface area (Å²) in [6.07, 6.45) is 0. The number of nitrogens with two attached hydrogens (primary N) is 1. The molecule has 1 aromatic heterocycles. The quantitative estimate of drug-likeness (QED) is 0.782. The molecule has 0 aliphatic carbocycles. The van der Waals surface area contributed by atoms with Crippen molar-refractivity contribution < 1.29 is 4.74 Å². The zero-order valence-corrected chi connectivity index (χ0v) is 9.16. The van der Waals surface area contributed by atoms with Gasteiger partial charge < -0.3 is 10.5 Å². The summed E-state index contributed by atoms with van der Waals surface area (Å²) in [7, 11) is 1.60. The van der Waals surface area contributed by atoms with Gasteiger partial charge in [-0.2, -0.15) is 4.98 Å². The zero-order chi connectivity index (χ0) is 10.8. The molecule has 4 heteroatoms. The highest BCUT2D eigenvalue weighted by molar-refractivity contribution is 5.19. The molecule has 0 radical (unpaired) electrons. The van der Waals surface area contributed by atoms with Crippen molar-refractivity contribution in [3.63, 3.8) is 0 Å². The Balaban J connectivity index is 3.15. The lowest BCUT2D eigenvalue weighted by atomic mass is 9.92. The molecule has 0 amide bonds. The minimum Gasteiger partial charge on any atom is -0.481 e. The van der Waals surface area contributed by atoms with Gasteiger partial charge in [0, 0.05) is 23.7 Å². The van der Waals surface area contributed by atoms with E-state index in [-0.39, 0.29) is 5.41 Å². The van der Waals surface area contributed by atoms with Gasteiger partial charge in [0.25, 0.3) is 0 Å². The number of rotatable bonds is 3. The van der Waals surface area contributed by atoms with Crippen LogP contribution >= 0.6 is 0 Å². The van der Waals surface area contributed by atoms with Gasteiger partial charge in [-0.1, -0.05) is 13.8 Å². The Morgan fingerprint density at radius 3 is 2.57 bits per heavy atom. The summed E-state index contributed by atoms with van der Waals surface area (Å²) in [5.74, 6) is 1.32. The van der Waals surface area contributed by atoms with E-state index in [9.17, 15) is 0 Å². The van der Waals surface area contributed by atoms with E-state index in [0.717, 1.165) is 11.5 Å². The number of hydrogen-bond donors (Lipinski definition) is 1. The minimum absolute atomic E-state index is 0.209. The van der Waals surface area contributed by atoms with Crippen LogP contribution in [0.4, 0.5) is 0 Å². The van der Waals surface area contributed by atoms with Crippen molar-refractivity contribution in [2.45, 2.75) is 26.2 Å². The fourth-order valence-corrected chi connectivity index (χ4v) is 1.04. The molecule has 1 aromatic rings. The van der Waals surface area contributed by atoms with Gasteiger partial charge in [-0.05, 0) is 6.92 Å². The van der Waals surface area contributed by atoms with Crippen molar-refractivity contribution in [2.75, 3.05) is 13.7 Å². The van der Waals surface area contributed by atoms with Gasteiger partial charge in [0.05, 0.1) is 7.11 Å². The van der Waals surface area contributed by atoms with E-state index in [2.05, 4.69) is 9.97 Å². The third kappa shape index (κ3) is 2.20. The highest BCUT2D eigenvalue weighted by atomic mass is 16.5. The molecule has 0 atom stereocenters. The maximum Gasteiger partial charge on any atom is 0.216 e. The fourth-order valence-electron chi connectivity index (χ4n) is 1.04. The monoisotopic (exact) mass is 195 g/mol. The van der Waals surface area contributed by atoms with Gasteiger partial charge in [-0.3, -0.25) is 0 Å². The van der Waals surface area contributed by atoms with Crippen molar-refractivity contribution in [1.82, 2.24) is 9.97 Å². The Morgan fingerprint density at radius 2 is 2.07 bits per heavy atom. The summed E-state index contributed by atoms with van der Waals surface area (Å²) in [5, 5.41) is 0. The van der Waals surface area contributed by atoms with Crippen LogP contribution in [0.3, 0.4) is 0 Å². The normalized spacial score (nSPS) is 11.5. The highest BCUT2D eigenvalue weighted by Crippen LogP contribution is 2.20. The van der Waals surface area contributed by atoms with Crippen LogP contribution < -0.4 is 10.5 Å². The predicted octanol–water partition coefficient (Wildman–Crippen LogP) is 1.03. The third-order valence-corrected chi connectivity index (χ3v) is 2.16. The van der Waals surface area contributed by atoms with E-state index in [1.807, 2.05) is 20.8 Å². The van der Waals surface area contributed by atoms with Gasteiger partial charge in [0.2, 0.25) is 5.88 Å². The molecule has 0 aliphatic heterocycles. The molecule has 14 heavy (non-hydrogen) atoms. The standard InChI is InChI=1S/C10H17N3O/c1-7-5-8(14-4)13-9(12-7)10(2,3)6-11/h5H,6,11H2,1-4H3. The Morgan fingerprint density at radius 1 is 1.43 bits per heavy atom. The summed E-state index contributed by atoms with van der Waals surface area (Å²) in [5.41, 5.74) is 6.35. The van der Waals surface area contributed by atoms with E-state index in [0.29, 0.717) is 12.4 Å². The van der Waals surface area contributed by atoms with Crippen LogP contribution in [0.25, 0.3) is 0 Å². The molecule has 0 aliphatic rings. The van der Waals surface area contributed by atoms with Crippen molar-refractivity contribution in [2.24, 2.45) is 5.73 Å². The number of nitrogens with zero attached hydrogens (tertiary/aromatic N) is 2. The molecule has 0 unspecified atom stereocenters. The van der Waals surface area contributed by atoms with Gasteiger partial charge in [0.1, 0.15) is 5.82 Å². The van der Waals surface area contributed by atoms with E-state index in [1.165, 1.54) is 0 Å². The van der Waals surface area contributed by atoms with Gasteiger partial charge >= 0.3 is 0 Å². The summed E-state index contributed by atoms with van der Waals surface area (Å²) in [6, 6.07) is 1.80. The number of ether oxygens (including phenoxy) is 1. The summed E-state index contributed by atoms with van der Waals surface area (Å²) in [6.45, 7) is 6.46. The van der Waals surface area contributed by atoms with Crippen LogP contribution in [0.2, 0.25) is 0 Å². The molecule has 1 rings (SSSR count).